The van der Waals surface area contributed by atoms with Crippen molar-refractivity contribution in [3.8, 4) is 0 Å². The Balaban J connectivity index is 1.71. The molecule has 110 valence electrons. The number of ether oxygens (including phenoxy) is 1. The molecule has 2 aromatic rings. The van der Waals surface area contributed by atoms with Gasteiger partial charge in [-0.3, -0.25) is 4.79 Å². The summed E-state index contributed by atoms with van der Waals surface area (Å²) in [5, 5.41) is 2.56. The predicted molar refractivity (Wildman–Crippen MR) is 80.4 cm³/mol. The Labute approximate surface area is 122 Å². The fraction of sp³-hybridized carbons (Fsp3) is 0.188. The van der Waals surface area contributed by atoms with Gasteiger partial charge in [0.05, 0.1) is 6.61 Å². The predicted octanol–water partition coefficient (Wildman–Crippen LogP) is 2.61. The van der Waals surface area contributed by atoms with Crippen LogP contribution in [0.2, 0.25) is 0 Å². The number of carbonyl (C=O) groups is 1. The van der Waals surface area contributed by atoms with Crippen LogP contribution in [-0.2, 0) is 16.0 Å². The van der Waals surface area contributed by atoms with Gasteiger partial charge in [-0.1, -0.05) is 24.3 Å². The highest BCUT2D eigenvalue weighted by Crippen LogP contribution is 2.11. The second kappa shape index (κ2) is 7.40. The van der Waals surface area contributed by atoms with E-state index in [2.05, 4.69) is 5.32 Å². The summed E-state index contributed by atoms with van der Waals surface area (Å²) >= 11 is 0. The summed E-state index contributed by atoms with van der Waals surface area (Å²) in [5.74, 6) is -0.713. The molecule has 1 amide bonds. The third-order valence-electron chi connectivity index (χ3n) is 2.91. The van der Waals surface area contributed by atoms with Crippen molar-refractivity contribution in [1.29, 1.82) is 0 Å². The highest BCUT2D eigenvalue weighted by Gasteiger charge is 2.04. The molecule has 5 heteroatoms. The van der Waals surface area contributed by atoms with Crippen LogP contribution in [0.15, 0.2) is 48.5 Å². The normalized spacial score (nSPS) is 10.3. The van der Waals surface area contributed by atoms with E-state index >= 15 is 0 Å². The van der Waals surface area contributed by atoms with Crippen LogP contribution in [0.4, 0.5) is 15.8 Å². The van der Waals surface area contributed by atoms with Crippen LogP contribution < -0.4 is 11.1 Å². The average Bonchev–Trinajstić information content (AvgIpc) is 2.45. The highest BCUT2D eigenvalue weighted by molar-refractivity contribution is 5.91. The zero-order valence-electron chi connectivity index (χ0n) is 11.5. The molecule has 0 aromatic heterocycles. The number of rotatable bonds is 6. The van der Waals surface area contributed by atoms with Crippen LogP contribution in [0.3, 0.4) is 0 Å². The number of nitrogen functional groups attached to an aromatic ring is 1. The largest absolute Gasteiger partial charge is 0.399 e. The molecule has 0 aliphatic carbocycles. The minimum Gasteiger partial charge on any atom is -0.399 e. The number of para-hydroxylation sites is 1. The SMILES string of the molecule is Nc1ccccc1CCOCC(=O)Nc1cccc(F)c1. The van der Waals surface area contributed by atoms with Crippen molar-refractivity contribution < 1.29 is 13.9 Å². The van der Waals surface area contributed by atoms with Crippen molar-refractivity contribution in [3.05, 3.63) is 59.9 Å². The van der Waals surface area contributed by atoms with Gasteiger partial charge < -0.3 is 15.8 Å². The van der Waals surface area contributed by atoms with Gasteiger partial charge in [0.15, 0.2) is 0 Å². The molecular formula is C16H17FN2O2. The van der Waals surface area contributed by atoms with Crippen LogP contribution in [0.25, 0.3) is 0 Å². The maximum atomic E-state index is 13.0. The smallest absolute Gasteiger partial charge is 0.250 e. The van der Waals surface area contributed by atoms with Crippen molar-refractivity contribution in [2.75, 3.05) is 24.3 Å². The first-order chi connectivity index (χ1) is 10.1. The van der Waals surface area contributed by atoms with Gasteiger partial charge in [0.2, 0.25) is 5.91 Å². The van der Waals surface area contributed by atoms with Gasteiger partial charge in [0.25, 0.3) is 0 Å². The Morgan fingerprint density at radius 3 is 2.76 bits per heavy atom. The van der Waals surface area contributed by atoms with Gasteiger partial charge >= 0.3 is 0 Å². The number of benzene rings is 2. The molecule has 0 unspecified atom stereocenters. The second-order valence-electron chi connectivity index (χ2n) is 4.56. The average molecular weight is 288 g/mol. The monoisotopic (exact) mass is 288 g/mol. The summed E-state index contributed by atoms with van der Waals surface area (Å²) in [6.45, 7) is 0.314. The summed E-state index contributed by atoms with van der Waals surface area (Å²) in [6.07, 6.45) is 0.639. The first-order valence-electron chi connectivity index (χ1n) is 6.61. The third-order valence-corrected chi connectivity index (χ3v) is 2.91. The number of anilines is 2. The molecule has 0 spiro atoms. The minimum atomic E-state index is -0.395. The molecule has 0 saturated heterocycles. The Morgan fingerprint density at radius 2 is 2.00 bits per heavy atom. The van der Waals surface area contributed by atoms with Gasteiger partial charge in [0.1, 0.15) is 12.4 Å². The maximum absolute atomic E-state index is 13.0. The molecule has 0 heterocycles. The zero-order valence-corrected chi connectivity index (χ0v) is 11.5. The van der Waals surface area contributed by atoms with E-state index in [1.54, 1.807) is 6.07 Å². The summed E-state index contributed by atoms with van der Waals surface area (Å²) in [4.78, 5) is 11.6. The number of nitrogens with two attached hydrogens (primary N) is 1. The zero-order chi connectivity index (χ0) is 15.1. The van der Waals surface area contributed by atoms with Crippen molar-refractivity contribution in [2.24, 2.45) is 0 Å². The van der Waals surface area contributed by atoms with Crippen LogP contribution in [0.5, 0.6) is 0 Å². The molecule has 4 nitrogen and oxygen atoms in total. The molecule has 0 aliphatic heterocycles. The van der Waals surface area contributed by atoms with E-state index in [1.807, 2.05) is 24.3 Å². The van der Waals surface area contributed by atoms with E-state index in [4.69, 9.17) is 10.5 Å². The number of hydrogen-bond acceptors (Lipinski definition) is 3. The lowest BCUT2D eigenvalue weighted by Gasteiger charge is -2.07. The summed E-state index contributed by atoms with van der Waals surface area (Å²) < 4.78 is 18.3. The van der Waals surface area contributed by atoms with E-state index in [1.165, 1.54) is 18.2 Å². The second-order valence-corrected chi connectivity index (χ2v) is 4.56. The fourth-order valence-electron chi connectivity index (χ4n) is 1.87. The van der Waals surface area contributed by atoms with Crippen LogP contribution >= 0.6 is 0 Å². The molecule has 0 radical (unpaired) electrons. The van der Waals surface area contributed by atoms with Crippen molar-refractivity contribution in [1.82, 2.24) is 0 Å². The van der Waals surface area contributed by atoms with E-state index in [-0.39, 0.29) is 12.5 Å². The molecule has 0 fully saturated rings. The number of amides is 1. The number of halogens is 1. The van der Waals surface area contributed by atoms with Crippen LogP contribution in [-0.4, -0.2) is 19.1 Å². The van der Waals surface area contributed by atoms with E-state index in [9.17, 15) is 9.18 Å². The molecule has 0 atom stereocenters. The highest BCUT2D eigenvalue weighted by atomic mass is 19.1. The molecule has 2 aromatic carbocycles. The lowest BCUT2D eigenvalue weighted by Crippen LogP contribution is -2.19. The third kappa shape index (κ3) is 4.89. The Bertz CT molecular complexity index is 617. The number of hydrogen-bond donors (Lipinski definition) is 2. The van der Waals surface area contributed by atoms with E-state index in [0.717, 1.165) is 5.56 Å². The van der Waals surface area contributed by atoms with Crippen molar-refractivity contribution in [3.63, 3.8) is 0 Å². The van der Waals surface area contributed by atoms with Gasteiger partial charge in [-0.05, 0) is 36.2 Å². The number of nitrogens with one attached hydrogen (secondary N) is 1. The topological polar surface area (TPSA) is 64.3 Å². The van der Waals surface area contributed by atoms with Crippen molar-refractivity contribution >= 4 is 17.3 Å². The lowest BCUT2D eigenvalue weighted by molar-refractivity contribution is -0.120. The minimum absolute atomic E-state index is 0.0801. The molecule has 21 heavy (non-hydrogen) atoms. The summed E-state index contributed by atoms with van der Waals surface area (Å²) in [7, 11) is 0. The summed E-state index contributed by atoms with van der Waals surface area (Å²) in [5.41, 5.74) is 7.92. The van der Waals surface area contributed by atoms with Gasteiger partial charge in [-0.15, -0.1) is 0 Å². The fourth-order valence-corrected chi connectivity index (χ4v) is 1.87. The molecular weight excluding hydrogens is 271 g/mol. The van der Waals surface area contributed by atoms with E-state index < -0.39 is 5.82 Å². The van der Waals surface area contributed by atoms with Crippen molar-refractivity contribution in [2.45, 2.75) is 6.42 Å². The first-order valence-corrected chi connectivity index (χ1v) is 6.61. The van der Waals surface area contributed by atoms with Crippen LogP contribution in [0, 0.1) is 5.82 Å². The molecule has 0 bridgehead atoms. The summed E-state index contributed by atoms with van der Waals surface area (Å²) in [6, 6.07) is 13.2. The standard InChI is InChI=1S/C16H17FN2O2/c17-13-5-3-6-14(10-13)19-16(20)11-21-9-8-12-4-1-2-7-15(12)18/h1-7,10H,8-9,11,18H2,(H,19,20). The number of carbonyl (C=O) groups excluding carboxylic acids is 1. The quantitative estimate of drug-likeness (QED) is 0.634. The van der Waals surface area contributed by atoms with Gasteiger partial charge in [0, 0.05) is 11.4 Å². The maximum Gasteiger partial charge on any atom is 0.250 e. The molecule has 0 aliphatic rings. The lowest BCUT2D eigenvalue weighted by atomic mass is 10.1. The Hall–Kier alpha value is -2.40. The first kappa shape index (κ1) is 15.0. The molecule has 0 saturated carbocycles. The van der Waals surface area contributed by atoms with Crippen LogP contribution in [0.1, 0.15) is 5.56 Å². The van der Waals surface area contributed by atoms with Gasteiger partial charge in [-0.25, -0.2) is 4.39 Å². The van der Waals surface area contributed by atoms with E-state index in [0.29, 0.717) is 24.4 Å². The molecule has 3 N–H and O–H groups in total. The Morgan fingerprint density at radius 1 is 1.19 bits per heavy atom. The van der Waals surface area contributed by atoms with Gasteiger partial charge in [-0.2, -0.15) is 0 Å². The Kier molecular flexibility index (Phi) is 5.29. The molecule has 2 rings (SSSR count).